The summed E-state index contributed by atoms with van der Waals surface area (Å²) in [5, 5.41) is 5.41. The lowest BCUT2D eigenvalue weighted by molar-refractivity contribution is -0.127. The van der Waals surface area contributed by atoms with Crippen LogP contribution in [0.3, 0.4) is 0 Å². The minimum absolute atomic E-state index is 0.0326. The number of nitrogens with zero attached hydrogens (tertiary/aromatic N) is 1. The third kappa shape index (κ3) is 7.28. The summed E-state index contributed by atoms with van der Waals surface area (Å²) < 4.78 is 5.57. The molecular formula is C20H32N4O3. The molecule has 0 aromatic heterocycles. The van der Waals surface area contributed by atoms with Crippen LogP contribution >= 0.6 is 0 Å². The monoisotopic (exact) mass is 376 g/mol. The predicted molar refractivity (Wildman–Crippen MR) is 105 cm³/mol. The Morgan fingerprint density at radius 3 is 2.74 bits per heavy atom. The van der Waals surface area contributed by atoms with Crippen LogP contribution in [0.25, 0.3) is 0 Å². The minimum Gasteiger partial charge on any atom is -0.376 e. The van der Waals surface area contributed by atoms with Gasteiger partial charge in [0, 0.05) is 26.2 Å². The van der Waals surface area contributed by atoms with Gasteiger partial charge in [-0.1, -0.05) is 38.1 Å². The highest BCUT2D eigenvalue weighted by molar-refractivity contribution is 5.87. The van der Waals surface area contributed by atoms with Gasteiger partial charge >= 0.3 is 0 Å². The van der Waals surface area contributed by atoms with Gasteiger partial charge in [0.25, 0.3) is 0 Å². The largest absolute Gasteiger partial charge is 0.376 e. The fraction of sp³-hybridized carbons (Fsp3) is 0.600. The van der Waals surface area contributed by atoms with E-state index in [2.05, 4.69) is 34.6 Å². The summed E-state index contributed by atoms with van der Waals surface area (Å²) in [4.78, 5) is 26.1. The Kier molecular flexibility index (Phi) is 8.22. The quantitative estimate of drug-likeness (QED) is 0.618. The van der Waals surface area contributed by atoms with Crippen LogP contribution in [0.15, 0.2) is 24.3 Å². The maximum absolute atomic E-state index is 12.0. The van der Waals surface area contributed by atoms with Crippen molar-refractivity contribution in [3.05, 3.63) is 35.4 Å². The molecule has 1 fully saturated rings. The van der Waals surface area contributed by atoms with Crippen molar-refractivity contribution in [2.24, 2.45) is 11.7 Å². The van der Waals surface area contributed by atoms with Crippen molar-refractivity contribution in [2.45, 2.75) is 46.0 Å². The topological polar surface area (TPSA) is 96.7 Å². The maximum atomic E-state index is 12.0. The summed E-state index contributed by atoms with van der Waals surface area (Å²) >= 11 is 0. The van der Waals surface area contributed by atoms with Crippen LogP contribution < -0.4 is 16.4 Å². The molecule has 1 aliphatic rings. The van der Waals surface area contributed by atoms with Gasteiger partial charge in [0.1, 0.15) is 0 Å². The van der Waals surface area contributed by atoms with Gasteiger partial charge < -0.3 is 21.1 Å². The van der Waals surface area contributed by atoms with E-state index in [0.29, 0.717) is 6.54 Å². The standard InChI is InChI=1S/C20H32N4O3/c1-14(2)19(21)20(26)23-11-18(25)22-10-16-5-4-6-17(9-16)13-24-7-8-27-15(3)12-24/h4-6,9,14-15,19H,7-8,10-13,21H2,1-3H3,(H,22,25)(H,23,26)/t15?,19-/m0/s1. The third-order valence-corrected chi connectivity index (χ3v) is 4.66. The summed E-state index contributed by atoms with van der Waals surface area (Å²) in [5.74, 6) is -0.501. The lowest BCUT2D eigenvalue weighted by atomic mass is 10.1. The van der Waals surface area contributed by atoms with E-state index in [1.807, 2.05) is 26.0 Å². The smallest absolute Gasteiger partial charge is 0.239 e. The Morgan fingerprint density at radius 1 is 1.30 bits per heavy atom. The number of hydrogen-bond acceptors (Lipinski definition) is 5. The first kappa shape index (κ1) is 21.3. The molecule has 27 heavy (non-hydrogen) atoms. The fourth-order valence-corrected chi connectivity index (χ4v) is 2.98. The molecule has 0 bridgehead atoms. The van der Waals surface area contributed by atoms with Crippen molar-refractivity contribution in [1.82, 2.24) is 15.5 Å². The molecule has 1 unspecified atom stereocenters. The number of nitrogens with two attached hydrogens (primary N) is 1. The molecule has 1 aromatic rings. The molecule has 0 saturated carbocycles. The zero-order chi connectivity index (χ0) is 19.8. The van der Waals surface area contributed by atoms with Gasteiger partial charge in [-0.15, -0.1) is 0 Å². The molecule has 0 aliphatic carbocycles. The highest BCUT2D eigenvalue weighted by atomic mass is 16.5. The van der Waals surface area contributed by atoms with Crippen LogP contribution in [-0.4, -0.2) is 55.1 Å². The molecule has 2 rings (SSSR count). The van der Waals surface area contributed by atoms with Crippen molar-refractivity contribution in [2.75, 3.05) is 26.2 Å². The molecular weight excluding hydrogens is 344 g/mol. The summed E-state index contributed by atoms with van der Waals surface area (Å²) in [6, 6.07) is 7.59. The second-order valence-corrected chi connectivity index (χ2v) is 7.50. The summed E-state index contributed by atoms with van der Waals surface area (Å²) in [6.07, 6.45) is 0.264. The van der Waals surface area contributed by atoms with E-state index in [4.69, 9.17) is 10.5 Å². The van der Waals surface area contributed by atoms with Gasteiger partial charge in [0.2, 0.25) is 11.8 Å². The van der Waals surface area contributed by atoms with Gasteiger partial charge in [-0.3, -0.25) is 14.5 Å². The van der Waals surface area contributed by atoms with Crippen LogP contribution in [0, 0.1) is 5.92 Å². The third-order valence-electron chi connectivity index (χ3n) is 4.66. The predicted octanol–water partition coefficient (Wildman–Crippen LogP) is 0.623. The molecule has 150 valence electrons. The molecule has 1 aliphatic heterocycles. The molecule has 1 heterocycles. The number of carbonyl (C=O) groups is 2. The number of amides is 2. The average Bonchev–Trinajstić information content (AvgIpc) is 2.64. The molecule has 2 atom stereocenters. The van der Waals surface area contributed by atoms with E-state index in [1.54, 1.807) is 0 Å². The first-order valence-electron chi connectivity index (χ1n) is 9.57. The van der Waals surface area contributed by atoms with Gasteiger partial charge in [-0.05, 0) is 24.0 Å². The number of benzene rings is 1. The Hall–Kier alpha value is -1.96. The van der Waals surface area contributed by atoms with Crippen molar-refractivity contribution in [3.8, 4) is 0 Å². The molecule has 4 N–H and O–H groups in total. The lowest BCUT2D eigenvalue weighted by Gasteiger charge is -2.31. The summed E-state index contributed by atoms with van der Waals surface area (Å²) in [6.45, 7) is 9.70. The van der Waals surface area contributed by atoms with Crippen molar-refractivity contribution in [3.63, 3.8) is 0 Å². The van der Waals surface area contributed by atoms with E-state index >= 15 is 0 Å². The van der Waals surface area contributed by atoms with E-state index in [0.717, 1.165) is 31.8 Å². The number of carbonyl (C=O) groups excluding carboxylic acids is 2. The van der Waals surface area contributed by atoms with Gasteiger partial charge in [-0.2, -0.15) is 0 Å². The second kappa shape index (κ2) is 10.4. The van der Waals surface area contributed by atoms with Crippen molar-refractivity contribution >= 4 is 11.8 Å². The maximum Gasteiger partial charge on any atom is 0.239 e. The fourth-order valence-electron chi connectivity index (χ4n) is 2.98. The van der Waals surface area contributed by atoms with Crippen LogP contribution in [-0.2, 0) is 27.4 Å². The Bertz CT molecular complexity index is 635. The lowest BCUT2D eigenvalue weighted by Crippen LogP contribution is -2.47. The van der Waals surface area contributed by atoms with Crippen LogP contribution in [0.4, 0.5) is 0 Å². The van der Waals surface area contributed by atoms with Crippen LogP contribution in [0.1, 0.15) is 31.9 Å². The summed E-state index contributed by atoms with van der Waals surface area (Å²) in [7, 11) is 0. The minimum atomic E-state index is -0.600. The SMILES string of the molecule is CC1CN(Cc2cccc(CNC(=O)CNC(=O)[C@@H](N)C(C)C)c2)CCO1. The average molecular weight is 377 g/mol. The van der Waals surface area contributed by atoms with E-state index < -0.39 is 6.04 Å². The zero-order valence-electron chi connectivity index (χ0n) is 16.5. The highest BCUT2D eigenvalue weighted by Crippen LogP contribution is 2.12. The Morgan fingerprint density at radius 2 is 2.04 bits per heavy atom. The first-order valence-corrected chi connectivity index (χ1v) is 9.57. The van der Waals surface area contributed by atoms with Gasteiger partial charge in [0.15, 0.2) is 0 Å². The number of rotatable bonds is 8. The number of morpholine rings is 1. The van der Waals surface area contributed by atoms with E-state index in [9.17, 15) is 9.59 Å². The van der Waals surface area contributed by atoms with Crippen LogP contribution in [0.5, 0.6) is 0 Å². The Labute approximate surface area is 161 Å². The van der Waals surface area contributed by atoms with Gasteiger partial charge in [-0.25, -0.2) is 0 Å². The van der Waals surface area contributed by atoms with Crippen molar-refractivity contribution < 1.29 is 14.3 Å². The number of hydrogen-bond donors (Lipinski definition) is 3. The van der Waals surface area contributed by atoms with E-state index in [-0.39, 0.29) is 30.4 Å². The number of ether oxygens (including phenoxy) is 1. The molecule has 1 saturated heterocycles. The molecule has 7 heteroatoms. The molecule has 7 nitrogen and oxygen atoms in total. The Balaban J connectivity index is 1.77. The first-order chi connectivity index (χ1) is 12.8. The zero-order valence-corrected chi connectivity index (χ0v) is 16.5. The van der Waals surface area contributed by atoms with Crippen LogP contribution in [0.2, 0.25) is 0 Å². The molecule has 0 radical (unpaired) electrons. The number of nitrogens with one attached hydrogen (secondary N) is 2. The molecule has 2 amide bonds. The molecule has 1 aromatic carbocycles. The second-order valence-electron chi connectivity index (χ2n) is 7.50. The van der Waals surface area contributed by atoms with Crippen molar-refractivity contribution in [1.29, 1.82) is 0 Å². The summed E-state index contributed by atoms with van der Waals surface area (Å²) in [5.41, 5.74) is 8.01. The highest BCUT2D eigenvalue weighted by Gasteiger charge is 2.18. The molecule has 0 spiro atoms. The van der Waals surface area contributed by atoms with E-state index in [1.165, 1.54) is 5.56 Å². The normalized spacial score (nSPS) is 18.9. The van der Waals surface area contributed by atoms with Gasteiger partial charge in [0.05, 0.1) is 25.3 Å².